The second-order valence-electron chi connectivity index (χ2n) is 12.1. The van der Waals surface area contributed by atoms with Crippen LogP contribution in [0.1, 0.15) is 69.1 Å². The zero-order chi connectivity index (χ0) is 32.9. The highest BCUT2D eigenvalue weighted by molar-refractivity contribution is 5.82. The highest BCUT2D eigenvalue weighted by Crippen LogP contribution is 2.44. The molecule has 0 aromatic heterocycles. The molecule has 3 N–H and O–H groups in total. The van der Waals surface area contributed by atoms with E-state index in [9.17, 15) is 14.4 Å². The zero-order valence-electron chi connectivity index (χ0n) is 26.8. The van der Waals surface area contributed by atoms with Crippen LogP contribution in [0.15, 0.2) is 72.8 Å². The number of aliphatic hydroxyl groups is 1. The van der Waals surface area contributed by atoms with E-state index < -0.39 is 29.8 Å². The Balaban J connectivity index is 1.33. The van der Waals surface area contributed by atoms with Gasteiger partial charge in [-0.05, 0) is 80.0 Å². The second-order valence-corrected chi connectivity index (χ2v) is 12.1. The Kier molecular flexibility index (Phi) is 12.4. The summed E-state index contributed by atoms with van der Waals surface area (Å²) in [4.78, 5) is 38.2. The molecule has 46 heavy (non-hydrogen) atoms. The third-order valence-electron chi connectivity index (χ3n) is 7.38. The smallest absolute Gasteiger partial charge is 0.407 e. The Morgan fingerprint density at radius 1 is 0.826 bits per heavy atom. The van der Waals surface area contributed by atoms with E-state index in [2.05, 4.69) is 22.8 Å². The highest BCUT2D eigenvalue weighted by Gasteiger charge is 2.30. The first-order valence-electron chi connectivity index (χ1n) is 15.7. The molecule has 0 saturated heterocycles. The van der Waals surface area contributed by atoms with E-state index in [0.717, 1.165) is 27.8 Å². The summed E-state index contributed by atoms with van der Waals surface area (Å²) in [5.74, 6) is -0.0479. The van der Waals surface area contributed by atoms with Gasteiger partial charge in [0, 0.05) is 25.5 Å². The maximum atomic E-state index is 13.2. The number of esters is 1. The van der Waals surface area contributed by atoms with Crippen molar-refractivity contribution in [1.82, 2.24) is 10.6 Å². The lowest BCUT2D eigenvalue weighted by molar-refractivity contribution is -0.147. The molecule has 0 radical (unpaired) electrons. The van der Waals surface area contributed by atoms with Crippen molar-refractivity contribution >= 4 is 18.2 Å². The molecule has 1 aliphatic rings. The summed E-state index contributed by atoms with van der Waals surface area (Å²) in [6.45, 7) is 6.32. The molecule has 0 bridgehead atoms. The van der Waals surface area contributed by atoms with Gasteiger partial charge in [0.25, 0.3) is 0 Å². The number of rotatable bonds is 15. The van der Waals surface area contributed by atoms with E-state index >= 15 is 0 Å². The van der Waals surface area contributed by atoms with Crippen LogP contribution in [0.5, 0.6) is 5.75 Å². The summed E-state index contributed by atoms with van der Waals surface area (Å²) in [5.41, 5.74) is 4.59. The lowest BCUT2D eigenvalue weighted by Crippen LogP contribution is -2.42. The van der Waals surface area contributed by atoms with Gasteiger partial charge in [-0.3, -0.25) is 0 Å². The van der Waals surface area contributed by atoms with Crippen LogP contribution in [0.2, 0.25) is 0 Å². The summed E-state index contributed by atoms with van der Waals surface area (Å²) in [5, 5.41) is 14.3. The van der Waals surface area contributed by atoms with Crippen LogP contribution in [-0.4, -0.2) is 61.3 Å². The quantitative estimate of drug-likeness (QED) is 0.104. The van der Waals surface area contributed by atoms with E-state index in [1.54, 1.807) is 45.0 Å². The van der Waals surface area contributed by atoms with Crippen LogP contribution < -0.4 is 15.4 Å². The largest absolute Gasteiger partial charge is 0.494 e. The normalized spacial score (nSPS) is 12.8. The van der Waals surface area contributed by atoms with Gasteiger partial charge < -0.3 is 34.7 Å². The standard InChI is InChI=1S/C36H44N2O8/c1-36(2,3)46-34(41)37-20-9-8-15-32(33(40)44-23-25-16-18-26(19-17-25)43-22-10-21-39)38-35(42)45-24-31-29-13-6-4-11-27(29)28-12-5-7-14-30(28)31/h4-7,11-14,16-19,31-32,39H,8-10,15,20-24H2,1-3H3,(H,37,41)(H,38,42)/t32-/m0/s1. The minimum absolute atomic E-state index is 0.0127. The second kappa shape index (κ2) is 16.7. The number of alkyl carbamates (subject to hydrolysis) is 2. The van der Waals surface area contributed by atoms with Crippen LogP contribution in [0.25, 0.3) is 11.1 Å². The Morgan fingerprint density at radius 2 is 1.48 bits per heavy atom. The molecular weight excluding hydrogens is 588 g/mol. The van der Waals surface area contributed by atoms with Gasteiger partial charge in [0.15, 0.2) is 0 Å². The van der Waals surface area contributed by atoms with E-state index in [-0.39, 0.29) is 32.2 Å². The van der Waals surface area contributed by atoms with E-state index in [4.69, 9.17) is 24.1 Å². The monoisotopic (exact) mass is 632 g/mol. The number of carbonyl (C=O) groups is 3. The molecule has 4 rings (SSSR count). The fraction of sp³-hybridized carbons (Fsp3) is 0.417. The predicted octanol–water partition coefficient (Wildman–Crippen LogP) is 6.09. The Bertz CT molecular complexity index is 1410. The number of fused-ring (bicyclic) bond motifs is 3. The van der Waals surface area contributed by atoms with Crippen LogP contribution in [0, 0.1) is 0 Å². The molecule has 10 heteroatoms. The number of hydrogen-bond donors (Lipinski definition) is 3. The van der Waals surface area contributed by atoms with Gasteiger partial charge in [-0.25, -0.2) is 14.4 Å². The Hall–Kier alpha value is -4.57. The number of aliphatic hydroxyl groups excluding tert-OH is 1. The first-order chi connectivity index (χ1) is 22.1. The molecule has 1 atom stereocenters. The molecule has 246 valence electrons. The van der Waals surface area contributed by atoms with Gasteiger partial charge in [-0.2, -0.15) is 0 Å². The molecule has 2 amide bonds. The first kappa shape index (κ1) is 34.3. The van der Waals surface area contributed by atoms with E-state index in [1.165, 1.54) is 0 Å². The van der Waals surface area contributed by atoms with Crippen molar-refractivity contribution in [2.24, 2.45) is 0 Å². The number of carbonyl (C=O) groups excluding carboxylic acids is 3. The fourth-order valence-corrected chi connectivity index (χ4v) is 5.20. The van der Waals surface area contributed by atoms with Crippen molar-refractivity contribution in [2.45, 2.75) is 70.6 Å². The summed E-state index contributed by atoms with van der Waals surface area (Å²) in [7, 11) is 0. The number of unbranched alkanes of at least 4 members (excludes halogenated alkanes) is 1. The van der Waals surface area contributed by atoms with Crippen molar-refractivity contribution in [3.8, 4) is 16.9 Å². The van der Waals surface area contributed by atoms with Crippen LogP contribution >= 0.6 is 0 Å². The fourth-order valence-electron chi connectivity index (χ4n) is 5.20. The molecule has 0 heterocycles. The van der Waals surface area contributed by atoms with Crippen LogP contribution in [0.4, 0.5) is 9.59 Å². The van der Waals surface area contributed by atoms with Gasteiger partial charge in [0.2, 0.25) is 0 Å². The van der Waals surface area contributed by atoms with Gasteiger partial charge in [-0.1, -0.05) is 60.7 Å². The van der Waals surface area contributed by atoms with Crippen LogP contribution in [-0.2, 0) is 25.6 Å². The Morgan fingerprint density at radius 3 is 2.11 bits per heavy atom. The number of amides is 2. The molecule has 3 aromatic carbocycles. The molecule has 0 saturated carbocycles. The maximum Gasteiger partial charge on any atom is 0.407 e. The molecule has 0 aliphatic heterocycles. The minimum atomic E-state index is -0.946. The van der Waals surface area contributed by atoms with Gasteiger partial charge in [0.05, 0.1) is 6.61 Å². The van der Waals surface area contributed by atoms with Crippen LogP contribution in [0.3, 0.4) is 0 Å². The van der Waals surface area contributed by atoms with Crippen molar-refractivity contribution in [3.05, 3.63) is 89.5 Å². The number of nitrogens with one attached hydrogen (secondary N) is 2. The summed E-state index contributed by atoms with van der Waals surface area (Å²) in [6.07, 6.45) is 0.697. The average molecular weight is 633 g/mol. The van der Waals surface area contributed by atoms with Gasteiger partial charge >= 0.3 is 18.2 Å². The van der Waals surface area contributed by atoms with Crippen molar-refractivity contribution in [3.63, 3.8) is 0 Å². The lowest BCUT2D eigenvalue weighted by Gasteiger charge is -2.20. The van der Waals surface area contributed by atoms with Gasteiger partial charge in [0.1, 0.15) is 30.6 Å². The number of hydrogen-bond acceptors (Lipinski definition) is 8. The molecule has 10 nitrogen and oxygen atoms in total. The van der Waals surface area contributed by atoms with Crippen molar-refractivity contribution < 1.29 is 38.4 Å². The third-order valence-corrected chi connectivity index (χ3v) is 7.38. The predicted molar refractivity (Wildman–Crippen MR) is 174 cm³/mol. The molecule has 0 spiro atoms. The molecule has 1 aliphatic carbocycles. The topological polar surface area (TPSA) is 132 Å². The lowest BCUT2D eigenvalue weighted by atomic mass is 9.98. The molecular formula is C36H44N2O8. The Labute approximate surface area is 270 Å². The summed E-state index contributed by atoms with van der Waals surface area (Å²) >= 11 is 0. The van der Waals surface area contributed by atoms with E-state index in [1.807, 2.05) is 36.4 Å². The van der Waals surface area contributed by atoms with Crippen molar-refractivity contribution in [2.75, 3.05) is 26.4 Å². The molecule has 3 aromatic rings. The van der Waals surface area contributed by atoms with E-state index in [0.29, 0.717) is 38.2 Å². The highest BCUT2D eigenvalue weighted by atomic mass is 16.6. The number of benzene rings is 3. The average Bonchev–Trinajstić information content (AvgIpc) is 3.35. The van der Waals surface area contributed by atoms with Gasteiger partial charge in [-0.15, -0.1) is 0 Å². The SMILES string of the molecule is CC(C)(C)OC(=O)NCCCC[C@H](NC(=O)OCC1c2ccccc2-c2ccccc21)C(=O)OCc1ccc(OCCCO)cc1. The van der Waals surface area contributed by atoms with Crippen molar-refractivity contribution in [1.29, 1.82) is 0 Å². The zero-order valence-corrected chi connectivity index (χ0v) is 26.8. The summed E-state index contributed by atoms with van der Waals surface area (Å²) in [6, 6.07) is 22.3. The maximum absolute atomic E-state index is 13.2. The summed E-state index contributed by atoms with van der Waals surface area (Å²) < 4.78 is 22.1. The third kappa shape index (κ3) is 10.2. The molecule has 0 fully saturated rings. The number of ether oxygens (including phenoxy) is 4. The molecule has 0 unspecified atom stereocenters. The minimum Gasteiger partial charge on any atom is -0.494 e. The first-order valence-corrected chi connectivity index (χ1v) is 15.7.